The zero-order valence-electron chi connectivity index (χ0n) is 16.5. The molecule has 9 heteroatoms. The quantitative estimate of drug-likeness (QED) is 0.682. The molecule has 29 heavy (non-hydrogen) atoms. The minimum Gasteiger partial charge on any atom is -0.496 e. The first-order valence-electron chi connectivity index (χ1n) is 8.53. The zero-order chi connectivity index (χ0) is 21.4. The Labute approximate surface area is 167 Å². The van der Waals surface area contributed by atoms with Gasteiger partial charge in [-0.05, 0) is 0 Å². The predicted octanol–water partition coefficient (Wildman–Crippen LogP) is 2.07. The maximum Gasteiger partial charge on any atom is 0.343 e. The molecule has 0 bridgehead atoms. The highest BCUT2D eigenvalue weighted by Crippen LogP contribution is 2.35. The summed E-state index contributed by atoms with van der Waals surface area (Å²) in [5, 5.41) is 4.38. The van der Waals surface area contributed by atoms with E-state index in [1.165, 1.54) is 40.5 Å². The van der Waals surface area contributed by atoms with E-state index in [1.807, 2.05) is 0 Å². The van der Waals surface area contributed by atoms with Crippen LogP contribution >= 0.6 is 0 Å². The summed E-state index contributed by atoms with van der Waals surface area (Å²) in [6.45, 7) is 0. The summed E-state index contributed by atoms with van der Waals surface area (Å²) in [4.78, 5) is 36.9. The number of carbonyl (C=O) groups excluding carboxylic acids is 3. The summed E-state index contributed by atoms with van der Waals surface area (Å²) < 4.78 is 21.1. The standard InChI is InChI=1S/C20H22N2O7/c1-21-20(25)22-18(23)17(12-8-6-5-7-9-12)29-19(24)13-10-15(27-3)16(28-4)11-14(13)26-2/h5-11,17H,1-4H3,(H2,21,22,23,25)/t17-/m0/s1. The van der Waals surface area contributed by atoms with E-state index in [0.29, 0.717) is 11.3 Å². The molecule has 0 saturated carbocycles. The Kier molecular flexibility index (Phi) is 7.41. The number of methoxy groups -OCH3 is 3. The lowest BCUT2D eigenvalue weighted by Gasteiger charge is -2.19. The first-order chi connectivity index (χ1) is 13.9. The van der Waals surface area contributed by atoms with E-state index < -0.39 is 24.0 Å². The van der Waals surface area contributed by atoms with Gasteiger partial charge in [0.2, 0.25) is 6.10 Å². The molecular weight excluding hydrogens is 380 g/mol. The van der Waals surface area contributed by atoms with Crippen LogP contribution < -0.4 is 24.8 Å². The molecule has 0 aliphatic carbocycles. The molecule has 154 valence electrons. The first-order valence-corrected chi connectivity index (χ1v) is 8.53. The van der Waals surface area contributed by atoms with Crippen molar-refractivity contribution in [1.29, 1.82) is 0 Å². The summed E-state index contributed by atoms with van der Waals surface area (Å²) in [7, 11) is 5.61. The molecule has 0 saturated heterocycles. The number of nitrogens with one attached hydrogen (secondary N) is 2. The lowest BCUT2D eigenvalue weighted by molar-refractivity contribution is -0.129. The van der Waals surface area contributed by atoms with E-state index in [9.17, 15) is 14.4 Å². The Morgan fingerprint density at radius 2 is 1.45 bits per heavy atom. The third-order valence-corrected chi connectivity index (χ3v) is 3.95. The number of ether oxygens (including phenoxy) is 4. The Morgan fingerprint density at radius 3 is 2.00 bits per heavy atom. The topological polar surface area (TPSA) is 112 Å². The second kappa shape index (κ2) is 9.98. The van der Waals surface area contributed by atoms with Gasteiger partial charge in [-0.3, -0.25) is 10.1 Å². The molecule has 0 spiro atoms. The Hall–Kier alpha value is -3.75. The van der Waals surface area contributed by atoms with Gasteiger partial charge in [0.25, 0.3) is 5.91 Å². The van der Waals surface area contributed by atoms with E-state index >= 15 is 0 Å². The van der Waals surface area contributed by atoms with Crippen molar-refractivity contribution in [3.63, 3.8) is 0 Å². The molecule has 2 aromatic carbocycles. The first kappa shape index (κ1) is 21.5. The van der Waals surface area contributed by atoms with E-state index in [-0.39, 0.29) is 17.1 Å². The molecule has 1 atom stereocenters. The van der Waals surface area contributed by atoms with Crippen LogP contribution in [0, 0.1) is 0 Å². The van der Waals surface area contributed by atoms with Crippen LogP contribution in [0.2, 0.25) is 0 Å². The lowest BCUT2D eigenvalue weighted by atomic mass is 10.1. The maximum atomic E-state index is 12.9. The Morgan fingerprint density at radius 1 is 0.862 bits per heavy atom. The molecule has 0 unspecified atom stereocenters. The van der Waals surface area contributed by atoms with E-state index in [4.69, 9.17) is 18.9 Å². The molecule has 2 N–H and O–H groups in total. The fourth-order valence-electron chi connectivity index (χ4n) is 2.50. The molecule has 0 aromatic heterocycles. The Bertz CT molecular complexity index is 884. The third kappa shape index (κ3) is 5.16. The highest BCUT2D eigenvalue weighted by Gasteiger charge is 2.29. The van der Waals surface area contributed by atoms with Gasteiger partial charge in [-0.1, -0.05) is 30.3 Å². The van der Waals surface area contributed by atoms with Crippen LogP contribution in [0.25, 0.3) is 0 Å². The predicted molar refractivity (Wildman–Crippen MR) is 103 cm³/mol. The van der Waals surface area contributed by atoms with Gasteiger partial charge in [-0.2, -0.15) is 0 Å². The minimum atomic E-state index is -1.36. The molecule has 0 radical (unpaired) electrons. The van der Waals surface area contributed by atoms with Crippen LogP contribution in [0.15, 0.2) is 42.5 Å². The molecule has 3 amide bonds. The molecule has 0 heterocycles. The third-order valence-electron chi connectivity index (χ3n) is 3.95. The lowest BCUT2D eigenvalue weighted by Crippen LogP contribution is -2.41. The number of rotatable bonds is 7. The van der Waals surface area contributed by atoms with Crippen LogP contribution in [-0.2, 0) is 9.53 Å². The monoisotopic (exact) mass is 402 g/mol. The fourth-order valence-corrected chi connectivity index (χ4v) is 2.50. The summed E-state index contributed by atoms with van der Waals surface area (Å²) >= 11 is 0. The number of urea groups is 1. The maximum absolute atomic E-state index is 12.9. The van der Waals surface area contributed by atoms with Crippen LogP contribution in [0.3, 0.4) is 0 Å². The van der Waals surface area contributed by atoms with Gasteiger partial charge < -0.3 is 24.3 Å². The molecule has 2 aromatic rings. The van der Waals surface area contributed by atoms with Crippen molar-refractivity contribution in [1.82, 2.24) is 10.6 Å². The molecule has 0 aliphatic rings. The van der Waals surface area contributed by atoms with Crippen molar-refractivity contribution in [2.24, 2.45) is 0 Å². The van der Waals surface area contributed by atoms with Gasteiger partial charge in [0.15, 0.2) is 11.5 Å². The number of esters is 1. The van der Waals surface area contributed by atoms with Gasteiger partial charge in [0.1, 0.15) is 11.3 Å². The summed E-state index contributed by atoms with van der Waals surface area (Å²) in [5.41, 5.74) is 0.417. The van der Waals surface area contributed by atoms with E-state index in [1.54, 1.807) is 30.3 Å². The summed E-state index contributed by atoms with van der Waals surface area (Å²) in [6.07, 6.45) is -1.36. The van der Waals surface area contributed by atoms with E-state index in [0.717, 1.165) is 0 Å². The zero-order valence-corrected chi connectivity index (χ0v) is 16.5. The number of imide groups is 1. The smallest absolute Gasteiger partial charge is 0.343 e. The molecule has 2 rings (SSSR count). The molecule has 9 nitrogen and oxygen atoms in total. The largest absolute Gasteiger partial charge is 0.496 e. The van der Waals surface area contributed by atoms with Crippen molar-refractivity contribution < 1.29 is 33.3 Å². The molecule has 0 aliphatic heterocycles. The summed E-state index contributed by atoms with van der Waals surface area (Å²) in [6, 6.07) is 10.4. The normalized spacial score (nSPS) is 11.0. The number of hydrogen-bond acceptors (Lipinski definition) is 7. The van der Waals surface area contributed by atoms with Gasteiger partial charge in [0.05, 0.1) is 21.3 Å². The van der Waals surface area contributed by atoms with Crippen LogP contribution in [-0.4, -0.2) is 46.3 Å². The second-order valence-electron chi connectivity index (χ2n) is 5.67. The summed E-state index contributed by atoms with van der Waals surface area (Å²) in [5.74, 6) is -0.831. The van der Waals surface area contributed by atoms with Crippen molar-refractivity contribution in [3.05, 3.63) is 53.6 Å². The number of benzene rings is 2. The van der Waals surface area contributed by atoms with Crippen molar-refractivity contribution in [2.45, 2.75) is 6.10 Å². The van der Waals surface area contributed by atoms with Gasteiger partial charge in [-0.25, -0.2) is 9.59 Å². The second-order valence-corrected chi connectivity index (χ2v) is 5.67. The highest BCUT2D eigenvalue weighted by molar-refractivity contribution is 6.00. The van der Waals surface area contributed by atoms with Crippen LogP contribution in [0.1, 0.15) is 22.0 Å². The number of carbonyl (C=O) groups is 3. The number of amides is 3. The fraction of sp³-hybridized carbons (Fsp3) is 0.250. The number of hydrogen-bond donors (Lipinski definition) is 2. The van der Waals surface area contributed by atoms with Crippen LogP contribution in [0.5, 0.6) is 17.2 Å². The molecular formula is C20H22N2O7. The average molecular weight is 402 g/mol. The van der Waals surface area contributed by atoms with Crippen molar-refractivity contribution in [3.8, 4) is 17.2 Å². The van der Waals surface area contributed by atoms with Crippen molar-refractivity contribution in [2.75, 3.05) is 28.4 Å². The minimum absolute atomic E-state index is 0.0267. The van der Waals surface area contributed by atoms with Crippen molar-refractivity contribution >= 4 is 17.9 Å². The van der Waals surface area contributed by atoms with Gasteiger partial charge in [-0.15, -0.1) is 0 Å². The average Bonchev–Trinajstić information content (AvgIpc) is 2.76. The van der Waals surface area contributed by atoms with Gasteiger partial charge in [0, 0.05) is 24.7 Å². The Balaban J connectivity index is 2.39. The van der Waals surface area contributed by atoms with E-state index in [2.05, 4.69) is 10.6 Å². The highest BCUT2D eigenvalue weighted by atomic mass is 16.6. The van der Waals surface area contributed by atoms with Gasteiger partial charge >= 0.3 is 12.0 Å². The SMILES string of the molecule is CNC(=O)NC(=O)[C@@H](OC(=O)c1cc(OC)c(OC)cc1OC)c1ccccc1. The molecule has 0 fully saturated rings. The van der Waals surface area contributed by atoms with Crippen LogP contribution in [0.4, 0.5) is 4.79 Å².